The first-order chi connectivity index (χ1) is 50.9. The van der Waals surface area contributed by atoms with E-state index in [0.29, 0.717) is 106 Å². The number of carbonyl (C=O) groups excluding carboxylic acids is 6. The number of nitrogens with one attached hydrogen (secondary N) is 5. The number of rotatable bonds is 31. The number of aromatic nitrogens is 4. The minimum absolute atomic E-state index is 0.0360. The third-order valence-corrected chi connectivity index (χ3v) is 19.4. The third kappa shape index (κ3) is 21.9. The number of esters is 1. The summed E-state index contributed by atoms with van der Waals surface area (Å²) in [7, 11) is -4.07. The number of amides is 5. The van der Waals surface area contributed by atoms with Gasteiger partial charge in [-0.2, -0.15) is 40.2 Å². The molecule has 109 heavy (non-hydrogen) atoms. The maximum absolute atomic E-state index is 16.9. The first-order valence-corrected chi connectivity index (χ1v) is 35.5. The second kappa shape index (κ2) is 34.9. The second-order valence-electron chi connectivity index (χ2n) is 28.3. The maximum Gasteiger partial charge on any atom is 0.524 e. The highest BCUT2D eigenvalue weighted by molar-refractivity contribution is 7.46. The van der Waals surface area contributed by atoms with E-state index >= 15 is 44.7 Å². The lowest BCUT2D eigenvalue weighted by molar-refractivity contribution is -0.221. The van der Waals surface area contributed by atoms with Crippen LogP contribution in [0.3, 0.4) is 0 Å². The highest BCUT2D eigenvalue weighted by Crippen LogP contribution is 2.47. The Bertz CT molecular complexity index is 4210. The van der Waals surface area contributed by atoms with E-state index in [1.165, 1.54) is 63.5 Å². The zero-order valence-corrected chi connectivity index (χ0v) is 61.3. The predicted molar refractivity (Wildman–Crippen MR) is 366 cm³/mol. The van der Waals surface area contributed by atoms with Gasteiger partial charge in [-0.25, -0.2) is 42.6 Å². The summed E-state index contributed by atoms with van der Waals surface area (Å²) >= 11 is 0. The molecular weight excluding hydrogens is 1490 g/mol. The lowest BCUT2D eigenvalue weighted by Gasteiger charge is -2.47. The minimum atomic E-state index is -5.56. The summed E-state index contributed by atoms with van der Waals surface area (Å²) in [6.45, 7) is 2.67. The van der Waals surface area contributed by atoms with Crippen molar-refractivity contribution in [2.75, 3.05) is 58.5 Å². The molecule has 8 N–H and O–H groups in total. The number of alkyl carbamates (subject to hydrolysis) is 2. The lowest BCUT2D eigenvalue weighted by atomic mass is 9.77. The summed E-state index contributed by atoms with van der Waals surface area (Å²) in [6.07, 6.45) is -13.2. The summed E-state index contributed by atoms with van der Waals surface area (Å²) in [5.74, 6) is -4.28. The molecule has 2 aromatic heterocycles. The van der Waals surface area contributed by atoms with Gasteiger partial charge < -0.3 is 54.7 Å². The Morgan fingerprint density at radius 3 is 1.85 bits per heavy atom. The molecule has 3 aliphatic heterocycles. The molecule has 28 nitrogen and oxygen atoms in total. The van der Waals surface area contributed by atoms with Crippen molar-refractivity contribution < 1.29 is 120 Å². The summed E-state index contributed by atoms with van der Waals surface area (Å²) in [5.41, 5.74) is -7.64. The third-order valence-electron chi connectivity index (χ3n) is 19.0. The molecule has 0 spiro atoms. The molecule has 0 radical (unpaired) electrons. The fourth-order valence-corrected chi connectivity index (χ4v) is 13.4. The standard InChI is InChI=1S/C70H83F10N12O16P/c1-38-23-43(28-54(93)81-21-10-11-55(94)95)57(52(24-38)108-109(101,102)103)66(2,3)29-56(96)107-53(35-90(88-61(98)59(86-65(100)105-9)68(6,7)70(78,79)80)34-47-48(71)26-42(27-49(47)72)50-20-22-91(87-50)62(73)74)51(84-60(97)58(85-64(99)104-8)67(4,5)69(75,76)77)25-40-15-12-39(13-16-40)14-17-41-30-82-63(83-31-41)89-32-44-18-19-45(33-89)92(44)46-36-106-37-46/h12-13,15-16,20,22-24,26-27,30-31,44-46,51,53,58-59,62H,10-11,18-19,21,25,28-29,32-37H2,1-9H3,(H,81,93)(H,84,97)(H,85,99)(H,86,100)(H,88,98)(H,94,95)(H2,101,102,103)/t44?,45?,51-,53-,58+,59+/m0/s1. The number of phosphoric acid groups is 1. The zero-order valence-electron chi connectivity index (χ0n) is 60.5. The fourth-order valence-electron chi connectivity index (χ4n) is 13.0. The Kier molecular flexibility index (Phi) is 27.2. The van der Waals surface area contributed by atoms with Crippen LogP contribution >= 0.6 is 7.82 Å². The minimum Gasteiger partial charge on any atom is -0.481 e. The van der Waals surface area contributed by atoms with Crippen LogP contribution in [-0.4, -0.2) is 195 Å². The van der Waals surface area contributed by atoms with Gasteiger partial charge in [-0.05, 0) is 113 Å². The predicted octanol–water partition coefficient (Wildman–Crippen LogP) is 8.24. The van der Waals surface area contributed by atoms with E-state index in [2.05, 4.69) is 62.2 Å². The number of phosphoric ester groups is 1. The van der Waals surface area contributed by atoms with Crippen molar-refractivity contribution in [1.82, 2.24) is 56.4 Å². The Labute approximate surface area is 618 Å². The number of hydrogen-bond donors (Lipinski definition) is 8. The SMILES string of the molecule is COC(=O)N[C@H](C(=O)N[C@@H](Cc1ccc(C#Cc2cnc(N3CC4CCC(C3)N4C3COC3)nc2)cc1)[C@H](CN(Cc1c(F)cc(-c2ccn(C(F)F)n2)cc1F)NC(=O)[C@@H](NC(=O)OC)C(C)(C)C(F)(F)F)OC(=O)CC(C)(C)c1c(CC(=O)NCCCC(=O)O)cc(C)cc1OP(=O)(O)O)C(C)(C)C(F)(F)F. The molecular formula is C70H83F10N12O16P. The smallest absolute Gasteiger partial charge is 0.481 e. The Balaban J connectivity index is 1.26. The number of nitrogens with zero attached hydrogens (tertiary/aromatic N) is 7. The lowest BCUT2D eigenvalue weighted by Crippen LogP contribution is -2.64. The van der Waals surface area contributed by atoms with Gasteiger partial charge in [-0.1, -0.05) is 43.9 Å². The van der Waals surface area contributed by atoms with Gasteiger partial charge in [0.1, 0.15) is 35.6 Å². The number of carbonyl (C=O) groups is 7. The van der Waals surface area contributed by atoms with E-state index in [0.717, 1.165) is 45.4 Å². The number of halogens is 10. The molecule has 8 rings (SSSR count). The van der Waals surface area contributed by atoms with Gasteiger partial charge in [-0.3, -0.25) is 44.1 Å². The van der Waals surface area contributed by atoms with E-state index in [-0.39, 0.29) is 46.3 Å². The molecule has 5 aromatic rings. The Morgan fingerprint density at radius 2 is 1.34 bits per heavy atom. The van der Waals surface area contributed by atoms with Crippen LogP contribution in [-0.2, 0) is 72.3 Å². The topological polar surface area (TPSA) is 357 Å². The van der Waals surface area contributed by atoms with Crippen LogP contribution in [0.25, 0.3) is 11.3 Å². The normalized spacial score (nSPS) is 16.9. The van der Waals surface area contributed by atoms with Gasteiger partial charge in [0, 0.05) is 90.9 Å². The van der Waals surface area contributed by atoms with Gasteiger partial charge in [0.15, 0.2) is 0 Å². The van der Waals surface area contributed by atoms with Crippen LogP contribution in [0.5, 0.6) is 5.75 Å². The summed E-state index contributed by atoms with van der Waals surface area (Å²) in [5, 5.41) is 21.7. The molecule has 3 aliphatic rings. The van der Waals surface area contributed by atoms with Crippen LogP contribution in [0, 0.1) is 41.2 Å². The van der Waals surface area contributed by atoms with Crippen LogP contribution in [0.2, 0.25) is 0 Å². The van der Waals surface area contributed by atoms with Crippen LogP contribution < -0.4 is 36.1 Å². The number of methoxy groups -OCH3 is 2. The van der Waals surface area contributed by atoms with E-state index in [1.807, 2.05) is 5.32 Å². The average molecular weight is 1570 g/mol. The van der Waals surface area contributed by atoms with Gasteiger partial charge in [-0.15, -0.1) is 0 Å². The molecule has 6 atom stereocenters. The monoisotopic (exact) mass is 1570 g/mol. The summed E-state index contributed by atoms with van der Waals surface area (Å²) < 4.78 is 191. The van der Waals surface area contributed by atoms with Gasteiger partial charge in [0.05, 0.1) is 81.0 Å². The number of aliphatic carboxylic acids is 1. The van der Waals surface area contributed by atoms with Crippen LogP contribution in [0.1, 0.15) is 119 Å². The zero-order chi connectivity index (χ0) is 80.5. The van der Waals surface area contributed by atoms with Crippen LogP contribution in [0.4, 0.5) is 59.4 Å². The summed E-state index contributed by atoms with van der Waals surface area (Å²) in [6, 6.07) is 3.77. The summed E-state index contributed by atoms with van der Waals surface area (Å²) in [4.78, 5) is 130. The highest BCUT2D eigenvalue weighted by Gasteiger charge is 2.58. The van der Waals surface area contributed by atoms with Crippen LogP contribution in [0.15, 0.2) is 73.2 Å². The van der Waals surface area contributed by atoms with Crippen molar-refractivity contribution in [3.05, 3.63) is 124 Å². The number of fused-ring (bicyclic) bond motifs is 2. The van der Waals surface area contributed by atoms with Crippen molar-refractivity contribution in [2.45, 2.75) is 167 Å². The molecule has 2 bridgehead atoms. The number of hydrogen-bond acceptors (Lipinski definition) is 19. The quantitative estimate of drug-likeness (QED) is 0.00394. The Hall–Kier alpha value is -9.67. The highest BCUT2D eigenvalue weighted by atomic mass is 31.2. The van der Waals surface area contributed by atoms with E-state index in [4.69, 9.17) is 14.0 Å². The van der Waals surface area contributed by atoms with Crippen molar-refractivity contribution in [1.29, 1.82) is 0 Å². The molecule has 3 fully saturated rings. The molecule has 3 aromatic carbocycles. The van der Waals surface area contributed by atoms with Crippen molar-refractivity contribution in [3.63, 3.8) is 0 Å². The molecule has 39 heteroatoms. The van der Waals surface area contributed by atoms with Gasteiger partial charge >= 0.3 is 50.8 Å². The van der Waals surface area contributed by atoms with Crippen molar-refractivity contribution >= 4 is 55.6 Å². The molecule has 5 heterocycles. The fraction of sp³-hybridized carbons (Fsp3) is 0.514. The number of carboxylic acid groups (broad SMARTS) is 1. The molecule has 3 saturated heterocycles. The Morgan fingerprint density at radius 1 is 0.771 bits per heavy atom. The van der Waals surface area contributed by atoms with Crippen molar-refractivity contribution in [3.8, 4) is 28.8 Å². The molecule has 0 saturated carbocycles. The molecule has 2 unspecified atom stereocenters. The van der Waals surface area contributed by atoms with Gasteiger partial charge in [0.2, 0.25) is 17.8 Å². The number of hydrazine groups is 1. The van der Waals surface area contributed by atoms with Crippen molar-refractivity contribution in [2.24, 2.45) is 10.8 Å². The number of aryl methyl sites for hydroxylation is 1. The molecule has 5 amide bonds. The van der Waals surface area contributed by atoms with E-state index in [1.54, 1.807) is 5.32 Å². The molecule has 594 valence electrons. The number of ether oxygens (including phenoxy) is 4. The van der Waals surface area contributed by atoms with E-state index in [9.17, 15) is 52.2 Å². The number of carboxylic acids is 1. The first-order valence-electron chi connectivity index (χ1n) is 34.0. The number of benzene rings is 3. The number of alkyl halides is 8. The maximum atomic E-state index is 16.9. The first kappa shape index (κ1) is 84.9. The average Bonchev–Trinajstić information content (AvgIpc) is 1.74. The van der Waals surface area contributed by atoms with Gasteiger partial charge in [0.25, 0.3) is 5.91 Å². The second-order valence-corrected chi connectivity index (χ2v) is 29.4. The molecule has 0 aliphatic carbocycles. The van der Waals surface area contributed by atoms with E-state index < -0.39 is 176 Å². The largest absolute Gasteiger partial charge is 0.524 e. The number of piperazine rings is 1. The number of anilines is 1.